The largest absolute Gasteiger partial charge is 0.247 e. The predicted molar refractivity (Wildman–Crippen MR) is 174 cm³/mol. The number of nitrogens with zero attached hydrogens (tertiary/aromatic N) is 2. The van der Waals surface area contributed by atoms with Crippen LogP contribution < -0.4 is 0 Å². The molecule has 2 aromatic heterocycles. The van der Waals surface area contributed by atoms with Gasteiger partial charge in [-0.05, 0) is 109 Å². The van der Waals surface area contributed by atoms with Crippen molar-refractivity contribution in [1.82, 2.24) is 9.97 Å². The van der Waals surface area contributed by atoms with E-state index in [1.807, 2.05) is 0 Å². The molecule has 2 heteroatoms. The van der Waals surface area contributed by atoms with Gasteiger partial charge < -0.3 is 0 Å². The van der Waals surface area contributed by atoms with E-state index in [0.29, 0.717) is 23.7 Å². The Kier molecular flexibility index (Phi) is 4.64. The van der Waals surface area contributed by atoms with Gasteiger partial charge in [-0.2, -0.15) is 0 Å². The van der Waals surface area contributed by atoms with E-state index in [1.54, 1.807) is 22.3 Å². The summed E-state index contributed by atoms with van der Waals surface area (Å²) in [5.41, 5.74) is 16.3. The Labute approximate surface area is 246 Å². The first kappa shape index (κ1) is 23.5. The predicted octanol–water partition coefficient (Wildman–Crippen LogP) is 10.6. The third kappa shape index (κ3) is 2.95. The summed E-state index contributed by atoms with van der Waals surface area (Å²) >= 11 is 0. The molecule has 0 radical (unpaired) electrons. The van der Waals surface area contributed by atoms with Crippen molar-refractivity contribution < 1.29 is 0 Å². The van der Waals surface area contributed by atoms with E-state index < -0.39 is 0 Å². The fraction of sp³-hybridized carbons (Fsp3) is 0.300. The number of aryl methyl sites for hydroxylation is 2. The first-order chi connectivity index (χ1) is 20.7. The maximum Gasteiger partial charge on any atom is 0.0791 e. The first-order valence-electron chi connectivity index (χ1n) is 16.0. The van der Waals surface area contributed by atoms with Crippen LogP contribution in [0.2, 0.25) is 0 Å². The second-order valence-corrected chi connectivity index (χ2v) is 13.6. The molecule has 2 heterocycles. The number of pyridine rings is 2. The lowest BCUT2D eigenvalue weighted by Gasteiger charge is -2.24. The highest BCUT2D eigenvalue weighted by molar-refractivity contribution is 6.17. The van der Waals surface area contributed by atoms with Crippen molar-refractivity contribution in [3.05, 3.63) is 106 Å². The molecule has 0 N–H and O–H groups in total. The van der Waals surface area contributed by atoms with Gasteiger partial charge in [0.25, 0.3) is 0 Å². The van der Waals surface area contributed by atoms with Crippen LogP contribution >= 0.6 is 0 Å². The maximum absolute atomic E-state index is 5.61. The Hall–Kier alpha value is -4.04. The molecule has 10 rings (SSSR count). The average Bonchev–Trinajstić information content (AvgIpc) is 3.83. The van der Waals surface area contributed by atoms with Crippen LogP contribution in [0.15, 0.2) is 72.8 Å². The highest BCUT2D eigenvalue weighted by Gasteiger charge is 2.42. The van der Waals surface area contributed by atoms with Crippen molar-refractivity contribution in [3.63, 3.8) is 0 Å². The van der Waals surface area contributed by atoms with Crippen LogP contribution in [0.3, 0.4) is 0 Å². The maximum atomic E-state index is 5.61. The second kappa shape index (κ2) is 8.28. The average molecular weight is 543 g/mol. The fourth-order valence-electron chi connectivity index (χ4n) is 9.74. The molecule has 204 valence electrons. The summed E-state index contributed by atoms with van der Waals surface area (Å²) in [7, 11) is 0. The van der Waals surface area contributed by atoms with Gasteiger partial charge in [-0.1, -0.05) is 72.8 Å². The lowest BCUT2D eigenvalue weighted by molar-refractivity contribution is 0.720. The van der Waals surface area contributed by atoms with Crippen LogP contribution in [0.25, 0.3) is 55.1 Å². The van der Waals surface area contributed by atoms with Crippen LogP contribution in [0, 0.1) is 13.8 Å². The number of benzene rings is 4. The molecule has 2 nitrogen and oxygen atoms in total. The van der Waals surface area contributed by atoms with Crippen molar-refractivity contribution >= 4 is 32.6 Å². The molecule has 0 saturated heterocycles. The van der Waals surface area contributed by atoms with Crippen LogP contribution in [-0.4, -0.2) is 9.97 Å². The second-order valence-electron chi connectivity index (χ2n) is 13.6. The summed E-state index contributed by atoms with van der Waals surface area (Å²) in [5, 5.41) is 5.26. The Morgan fingerprint density at radius 2 is 0.833 bits per heavy atom. The lowest BCUT2D eigenvalue weighted by Crippen LogP contribution is -2.06. The number of fused-ring (bicyclic) bond motifs is 17. The molecule has 4 aliphatic rings. The molecule has 4 atom stereocenters. The molecule has 4 aliphatic carbocycles. The minimum Gasteiger partial charge on any atom is -0.247 e. The minimum absolute atomic E-state index is 0.653. The number of aromatic nitrogens is 2. The summed E-state index contributed by atoms with van der Waals surface area (Å²) < 4.78 is 0. The molecule has 4 aromatic carbocycles. The van der Waals surface area contributed by atoms with E-state index >= 15 is 0 Å². The van der Waals surface area contributed by atoms with E-state index in [9.17, 15) is 0 Å². The van der Waals surface area contributed by atoms with Gasteiger partial charge in [-0.3, -0.25) is 0 Å². The SMILES string of the molecule is Cc1ccccc1-c1nc2c(ccc3c2ccc2c4c(c(-c5ccccc5C)nc23)C2CCC4C2)c2c1C1CCC2C1. The number of hydrogen-bond donors (Lipinski definition) is 0. The van der Waals surface area contributed by atoms with Crippen molar-refractivity contribution in [2.45, 2.75) is 76.0 Å². The Morgan fingerprint density at radius 1 is 0.452 bits per heavy atom. The Bertz CT molecular complexity index is 2000. The van der Waals surface area contributed by atoms with Gasteiger partial charge in [0, 0.05) is 32.7 Å². The molecule has 0 amide bonds. The molecule has 4 bridgehead atoms. The monoisotopic (exact) mass is 542 g/mol. The zero-order valence-corrected chi connectivity index (χ0v) is 24.4. The van der Waals surface area contributed by atoms with Crippen LogP contribution in [0.1, 0.15) is 95.6 Å². The third-order valence-corrected chi connectivity index (χ3v) is 11.6. The minimum atomic E-state index is 0.653. The van der Waals surface area contributed by atoms with Crippen LogP contribution in [0.5, 0.6) is 0 Å². The van der Waals surface area contributed by atoms with Gasteiger partial charge in [0.1, 0.15) is 0 Å². The summed E-state index contributed by atoms with van der Waals surface area (Å²) in [5.74, 6) is 2.64. The van der Waals surface area contributed by atoms with Crippen LogP contribution in [0.4, 0.5) is 0 Å². The van der Waals surface area contributed by atoms with Gasteiger partial charge in [0.15, 0.2) is 0 Å². The zero-order valence-electron chi connectivity index (χ0n) is 24.4. The van der Waals surface area contributed by atoms with Crippen molar-refractivity contribution in [1.29, 1.82) is 0 Å². The quantitative estimate of drug-likeness (QED) is 0.203. The molecular formula is C40H34N2. The molecular weight excluding hydrogens is 508 g/mol. The summed E-state index contributed by atoms with van der Waals surface area (Å²) in [4.78, 5) is 11.2. The van der Waals surface area contributed by atoms with E-state index in [1.165, 1.54) is 105 Å². The van der Waals surface area contributed by atoms with Gasteiger partial charge in [-0.25, -0.2) is 9.97 Å². The highest BCUT2D eigenvalue weighted by atomic mass is 14.8. The summed E-state index contributed by atoms with van der Waals surface area (Å²) in [6.07, 6.45) is 7.83. The fourth-order valence-corrected chi connectivity index (χ4v) is 9.74. The van der Waals surface area contributed by atoms with Crippen molar-refractivity contribution in [2.24, 2.45) is 0 Å². The third-order valence-electron chi connectivity index (χ3n) is 11.6. The number of hydrogen-bond acceptors (Lipinski definition) is 2. The van der Waals surface area contributed by atoms with E-state index in [0.717, 1.165) is 0 Å². The molecule has 6 aromatic rings. The van der Waals surface area contributed by atoms with Crippen molar-refractivity contribution in [2.75, 3.05) is 0 Å². The van der Waals surface area contributed by atoms with Gasteiger partial charge in [0.05, 0.1) is 22.4 Å². The van der Waals surface area contributed by atoms with E-state index in [2.05, 4.69) is 86.6 Å². The Balaban J connectivity index is 1.32. The number of rotatable bonds is 2. The normalized spacial score (nSPS) is 23.4. The van der Waals surface area contributed by atoms with Crippen LogP contribution in [-0.2, 0) is 0 Å². The first-order valence-corrected chi connectivity index (χ1v) is 16.0. The Morgan fingerprint density at radius 3 is 1.26 bits per heavy atom. The summed E-state index contributed by atoms with van der Waals surface area (Å²) in [6.45, 7) is 4.48. The molecule has 0 aliphatic heterocycles. The highest BCUT2D eigenvalue weighted by Crippen LogP contribution is 2.59. The van der Waals surface area contributed by atoms with Gasteiger partial charge in [-0.15, -0.1) is 0 Å². The van der Waals surface area contributed by atoms with Gasteiger partial charge in [0.2, 0.25) is 0 Å². The topological polar surface area (TPSA) is 25.8 Å². The molecule has 2 fully saturated rings. The van der Waals surface area contributed by atoms with Gasteiger partial charge >= 0.3 is 0 Å². The molecule has 4 unspecified atom stereocenters. The molecule has 42 heavy (non-hydrogen) atoms. The smallest absolute Gasteiger partial charge is 0.0791 e. The zero-order chi connectivity index (χ0) is 27.7. The van der Waals surface area contributed by atoms with Crippen molar-refractivity contribution in [3.8, 4) is 22.5 Å². The molecule has 2 saturated carbocycles. The summed E-state index contributed by atoms with van der Waals surface area (Å²) in [6, 6.07) is 27.3. The lowest BCUT2D eigenvalue weighted by atomic mass is 9.83. The standard InChI is InChI=1S/C40H34N2/c1-21-7-3-5-9-27(21)39-35-25-13-11-23(19-25)33(35)31-17-16-30-29(37(31)41-39)15-18-32-34-24-12-14-26(20-24)36(34)40(42-38(30)32)28-10-6-4-8-22(28)2/h3-10,15-18,23-26H,11-14,19-20H2,1-2H3. The van der Waals surface area contributed by atoms with E-state index in [-0.39, 0.29) is 0 Å². The molecule has 0 spiro atoms. The van der Waals surface area contributed by atoms with E-state index in [4.69, 9.17) is 9.97 Å².